The van der Waals surface area contributed by atoms with Crippen LogP contribution in [0.15, 0.2) is 35.8 Å². The first-order valence-corrected chi connectivity index (χ1v) is 7.52. The van der Waals surface area contributed by atoms with Crippen molar-refractivity contribution in [3.05, 3.63) is 47.0 Å². The molecule has 0 aliphatic carbocycles. The van der Waals surface area contributed by atoms with Crippen LogP contribution in [0, 0.1) is 6.92 Å². The van der Waals surface area contributed by atoms with Gasteiger partial charge >= 0.3 is 0 Å². The van der Waals surface area contributed by atoms with Crippen molar-refractivity contribution in [3.8, 4) is 5.19 Å². The Morgan fingerprint density at radius 3 is 3.15 bits per heavy atom. The molecule has 2 aromatic rings. The standard InChI is InChI=1S/C15H16N2O2S/c1-11-3-2-4-12(9-11)14(18)17-7-5-13(10-17)19-15-16-6-8-20-15/h2-4,6,8-9,13H,5,7,10H2,1H3. The number of amides is 1. The number of nitrogens with zero attached hydrogens (tertiary/aromatic N) is 2. The lowest BCUT2D eigenvalue weighted by Gasteiger charge is -2.16. The zero-order valence-electron chi connectivity index (χ0n) is 11.3. The quantitative estimate of drug-likeness (QED) is 0.872. The molecule has 104 valence electrons. The van der Waals surface area contributed by atoms with Gasteiger partial charge < -0.3 is 9.64 Å². The number of thiazole rings is 1. The fourth-order valence-corrected chi connectivity index (χ4v) is 2.93. The van der Waals surface area contributed by atoms with Gasteiger partial charge in [-0.15, -0.1) is 0 Å². The lowest BCUT2D eigenvalue weighted by atomic mass is 10.1. The normalized spacial score (nSPS) is 18.2. The third-order valence-electron chi connectivity index (χ3n) is 3.37. The minimum atomic E-state index is 0.0508. The molecule has 3 rings (SSSR count). The van der Waals surface area contributed by atoms with Crippen LogP contribution >= 0.6 is 11.3 Å². The topological polar surface area (TPSA) is 42.4 Å². The summed E-state index contributed by atoms with van der Waals surface area (Å²) < 4.78 is 5.77. The van der Waals surface area contributed by atoms with Gasteiger partial charge in [0.2, 0.25) is 0 Å². The van der Waals surface area contributed by atoms with E-state index in [9.17, 15) is 4.79 Å². The minimum Gasteiger partial charge on any atom is -0.465 e. The number of benzene rings is 1. The van der Waals surface area contributed by atoms with E-state index >= 15 is 0 Å². The number of aromatic nitrogens is 1. The van der Waals surface area contributed by atoms with Gasteiger partial charge in [-0.1, -0.05) is 29.0 Å². The molecule has 1 fully saturated rings. The molecule has 4 nitrogen and oxygen atoms in total. The minimum absolute atomic E-state index is 0.0508. The summed E-state index contributed by atoms with van der Waals surface area (Å²) in [7, 11) is 0. The molecule has 2 heterocycles. The lowest BCUT2D eigenvalue weighted by molar-refractivity contribution is 0.0772. The second-order valence-electron chi connectivity index (χ2n) is 4.95. The summed E-state index contributed by atoms with van der Waals surface area (Å²) >= 11 is 1.48. The van der Waals surface area contributed by atoms with Gasteiger partial charge in [-0.3, -0.25) is 4.79 Å². The van der Waals surface area contributed by atoms with Gasteiger partial charge in [0.1, 0.15) is 6.10 Å². The maximum Gasteiger partial charge on any atom is 0.273 e. The van der Waals surface area contributed by atoms with Crippen LogP contribution in [0.4, 0.5) is 0 Å². The van der Waals surface area contributed by atoms with Crippen LogP contribution < -0.4 is 4.74 Å². The molecular formula is C15H16N2O2S. The second kappa shape index (κ2) is 5.63. The Morgan fingerprint density at radius 1 is 1.50 bits per heavy atom. The van der Waals surface area contributed by atoms with Gasteiger partial charge in [0.15, 0.2) is 0 Å². The average molecular weight is 288 g/mol. The van der Waals surface area contributed by atoms with Gasteiger partial charge in [0.05, 0.1) is 6.54 Å². The van der Waals surface area contributed by atoms with Crippen LogP contribution in [0.5, 0.6) is 5.19 Å². The van der Waals surface area contributed by atoms with E-state index in [0.29, 0.717) is 11.7 Å². The van der Waals surface area contributed by atoms with E-state index in [1.807, 2.05) is 41.5 Å². The third kappa shape index (κ3) is 2.82. The zero-order valence-corrected chi connectivity index (χ0v) is 12.1. The monoisotopic (exact) mass is 288 g/mol. The van der Waals surface area contributed by atoms with E-state index in [1.165, 1.54) is 11.3 Å². The summed E-state index contributed by atoms with van der Waals surface area (Å²) in [6, 6.07) is 7.71. The molecule has 1 aromatic carbocycles. The number of likely N-dealkylation sites (tertiary alicyclic amines) is 1. The van der Waals surface area contributed by atoms with Crippen LogP contribution in [0.1, 0.15) is 22.3 Å². The van der Waals surface area contributed by atoms with Crippen molar-refractivity contribution in [2.45, 2.75) is 19.4 Å². The highest BCUT2D eigenvalue weighted by atomic mass is 32.1. The van der Waals surface area contributed by atoms with Crippen molar-refractivity contribution in [3.63, 3.8) is 0 Å². The van der Waals surface area contributed by atoms with E-state index < -0.39 is 0 Å². The molecule has 0 radical (unpaired) electrons. The summed E-state index contributed by atoms with van der Waals surface area (Å²) in [5.74, 6) is 0.0824. The van der Waals surface area contributed by atoms with E-state index in [0.717, 1.165) is 24.1 Å². The molecule has 1 atom stereocenters. The van der Waals surface area contributed by atoms with Crippen molar-refractivity contribution < 1.29 is 9.53 Å². The lowest BCUT2D eigenvalue weighted by Crippen LogP contribution is -2.30. The highest BCUT2D eigenvalue weighted by Gasteiger charge is 2.28. The molecule has 0 N–H and O–H groups in total. The van der Waals surface area contributed by atoms with Crippen LogP contribution in [-0.4, -0.2) is 35.0 Å². The fraction of sp³-hybridized carbons (Fsp3) is 0.333. The van der Waals surface area contributed by atoms with E-state index in [1.54, 1.807) is 6.20 Å². The number of aryl methyl sites for hydroxylation is 1. The van der Waals surface area contributed by atoms with Crippen LogP contribution in [0.3, 0.4) is 0 Å². The summed E-state index contributed by atoms with van der Waals surface area (Å²) in [6.07, 6.45) is 2.64. The number of hydrogen-bond donors (Lipinski definition) is 0. The molecule has 0 bridgehead atoms. The predicted octanol–water partition coefficient (Wildman–Crippen LogP) is 2.75. The molecule has 0 spiro atoms. The Labute approximate surface area is 122 Å². The average Bonchev–Trinajstić information content (AvgIpc) is 3.10. The van der Waals surface area contributed by atoms with Crippen molar-refractivity contribution in [2.24, 2.45) is 0 Å². The van der Waals surface area contributed by atoms with E-state index in [4.69, 9.17) is 4.74 Å². The summed E-state index contributed by atoms with van der Waals surface area (Å²) in [5.41, 5.74) is 1.85. The van der Waals surface area contributed by atoms with Crippen LogP contribution in [-0.2, 0) is 0 Å². The third-order valence-corrected chi connectivity index (χ3v) is 4.04. The first-order valence-electron chi connectivity index (χ1n) is 6.64. The number of hydrogen-bond acceptors (Lipinski definition) is 4. The first-order chi connectivity index (χ1) is 9.72. The van der Waals surface area contributed by atoms with Crippen molar-refractivity contribution >= 4 is 17.2 Å². The smallest absolute Gasteiger partial charge is 0.273 e. The summed E-state index contributed by atoms with van der Waals surface area (Å²) in [6.45, 7) is 3.37. The summed E-state index contributed by atoms with van der Waals surface area (Å²) in [5, 5.41) is 2.57. The molecule has 20 heavy (non-hydrogen) atoms. The maximum absolute atomic E-state index is 12.4. The van der Waals surface area contributed by atoms with Crippen molar-refractivity contribution in [1.29, 1.82) is 0 Å². The van der Waals surface area contributed by atoms with E-state index in [-0.39, 0.29) is 12.0 Å². The maximum atomic E-state index is 12.4. The molecule has 1 amide bonds. The predicted molar refractivity (Wildman–Crippen MR) is 78.2 cm³/mol. The van der Waals surface area contributed by atoms with Gasteiger partial charge in [0, 0.05) is 30.1 Å². The first kappa shape index (κ1) is 13.1. The van der Waals surface area contributed by atoms with Gasteiger partial charge in [0.25, 0.3) is 11.1 Å². The Balaban J connectivity index is 1.63. The van der Waals surface area contributed by atoms with Crippen molar-refractivity contribution in [2.75, 3.05) is 13.1 Å². The second-order valence-corrected chi connectivity index (χ2v) is 5.80. The molecule has 1 aromatic heterocycles. The fourth-order valence-electron chi connectivity index (χ4n) is 2.38. The zero-order chi connectivity index (χ0) is 13.9. The number of carbonyl (C=O) groups is 1. The van der Waals surface area contributed by atoms with Gasteiger partial charge in [-0.05, 0) is 19.1 Å². The Hall–Kier alpha value is -1.88. The Bertz CT molecular complexity index is 598. The van der Waals surface area contributed by atoms with Crippen LogP contribution in [0.25, 0.3) is 0 Å². The molecule has 0 saturated carbocycles. The van der Waals surface area contributed by atoms with Crippen molar-refractivity contribution in [1.82, 2.24) is 9.88 Å². The molecule has 5 heteroatoms. The molecule has 1 saturated heterocycles. The Kier molecular flexibility index (Phi) is 3.69. The largest absolute Gasteiger partial charge is 0.465 e. The SMILES string of the molecule is Cc1cccc(C(=O)N2CCC(Oc3nccs3)C2)c1. The number of ether oxygens (including phenoxy) is 1. The molecule has 1 aliphatic heterocycles. The summed E-state index contributed by atoms with van der Waals surface area (Å²) in [4.78, 5) is 18.4. The molecular weight excluding hydrogens is 272 g/mol. The Morgan fingerprint density at radius 2 is 2.40 bits per heavy atom. The van der Waals surface area contributed by atoms with Gasteiger partial charge in [-0.2, -0.15) is 0 Å². The highest BCUT2D eigenvalue weighted by molar-refractivity contribution is 7.11. The molecule has 1 unspecified atom stereocenters. The number of carbonyl (C=O) groups excluding carboxylic acids is 1. The van der Waals surface area contributed by atoms with Crippen LogP contribution in [0.2, 0.25) is 0 Å². The van der Waals surface area contributed by atoms with E-state index in [2.05, 4.69) is 4.98 Å². The highest BCUT2D eigenvalue weighted by Crippen LogP contribution is 2.21. The molecule has 1 aliphatic rings. The van der Waals surface area contributed by atoms with Gasteiger partial charge in [-0.25, -0.2) is 4.98 Å². The number of rotatable bonds is 3.